The van der Waals surface area contributed by atoms with E-state index in [2.05, 4.69) is 0 Å². The van der Waals surface area contributed by atoms with Gasteiger partial charge >= 0.3 is 5.97 Å². The monoisotopic (exact) mass is 239 g/mol. The summed E-state index contributed by atoms with van der Waals surface area (Å²) in [5.41, 5.74) is 0.644. The molecule has 0 aliphatic rings. The van der Waals surface area contributed by atoms with E-state index in [1.807, 2.05) is 6.07 Å². The van der Waals surface area contributed by atoms with Gasteiger partial charge in [0.25, 0.3) is 0 Å². The second kappa shape index (κ2) is 5.02. The summed E-state index contributed by atoms with van der Waals surface area (Å²) in [5, 5.41) is 17.6. The standard InChI is InChI=1S/C14H9NO3/c15-9-10-3-1-5-12(7-10)18-13-6-2-4-11(8-13)14(16)17/h1-8H,(H,16,17). The Bertz CT molecular complexity index is 629. The lowest BCUT2D eigenvalue weighted by molar-refractivity contribution is 0.0696. The number of benzene rings is 2. The average Bonchev–Trinajstić information content (AvgIpc) is 2.39. The summed E-state index contributed by atoms with van der Waals surface area (Å²) in [6.07, 6.45) is 0. The zero-order valence-electron chi connectivity index (χ0n) is 9.33. The van der Waals surface area contributed by atoms with Crippen molar-refractivity contribution < 1.29 is 14.6 Å². The van der Waals surface area contributed by atoms with Crippen LogP contribution < -0.4 is 4.74 Å². The maximum Gasteiger partial charge on any atom is 0.335 e. The highest BCUT2D eigenvalue weighted by molar-refractivity contribution is 5.88. The van der Waals surface area contributed by atoms with Crippen LogP contribution in [0.1, 0.15) is 15.9 Å². The van der Waals surface area contributed by atoms with Gasteiger partial charge < -0.3 is 9.84 Å². The molecule has 0 radical (unpaired) electrons. The van der Waals surface area contributed by atoms with E-state index >= 15 is 0 Å². The summed E-state index contributed by atoms with van der Waals surface area (Å²) in [4.78, 5) is 10.8. The minimum atomic E-state index is -1.01. The number of nitriles is 1. The molecule has 2 aromatic rings. The first-order valence-corrected chi connectivity index (χ1v) is 5.20. The third kappa shape index (κ3) is 2.66. The van der Waals surface area contributed by atoms with E-state index < -0.39 is 5.97 Å². The van der Waals surface area contributed by atoms with E-state index in [-0.39, 0.29) is 5.56 Å². The van der Waals surface area contributed by atoms with Gasteiger partial charge in [-0.2, -0.15) is 5.26 Å². The van der Waals surface area contributed by atoms with Crippen LogP contribution in [0.25, 0.3) is 0 Å². The van der Waals surface area contributed by atoms with Gasteiger partial charge in [-0.15, -0.1) is 0 Å². The average molecular weight is 239 g/mol. The highest BCUT2D eigenvalue weighted by atomic mass is 16.5. The van der Waals surface area contributed by atoms with E-state index in [0.717, 1.165) is 0 Å². The lowest BCUT2D eigenvalue weighted by atomic mass is 10.2. The van der Waals surface area contributed by atoms with E-state index in [0.29, 0.717) is 17.1 Å². The number of carbonyl (C=O) groups is 1. The third-order valence-electron chi connectivity index (χ3n) is 2.28. The molecule has 0 amide bonds. The number of hydrogen-bond acceptors (Lipinski definition) is 3. The molecular weight excluding hydrogens is 230 g/mol. The molecule has 88 valence electrons. The van der Waals surface area contributed by atoms with Crippen LogP contribution in [0.3, 0.4) is 0 Å². The number of rotatable bonds is 3. The maximum atomic E-state index is 10.8. The van der Waals surface area contributed by atoms with E-state index in [9.17, 15) is 4.79 Å². The topological polar surface area (TPSA) is 70.3 Å². The molecule has 4 nitrogen and oxygen atoms in total. The molecule has 18 heavy (non-hydrogen) atoms. The molecule has 0 spiro atoms. The molecule has 1 N–H and O–H groups in total. The molecule has 0 aromatic heterocycles. The maximum absolute atomic E-state index is 10.8. The quantitative estimate of drug-likeness (QED) is 0.893. The number of carboxylic acid groups (broad SMARTS) is 1. The fraction of sp³-hybridized carbons (Fsp3) is 0. The Hall–Kier alpha value is -2.80. The molecular formula is C14H9NO3. The molecule has 0 aliphatic heterocycles. The van der Waals surface area contributed by atoms with Crippen molar-refractivity contribution in [2.24, 2.45) is 0 Å². The van der Waals surface area contributed by atoms with Gasteiger partial charge in [0.2, 0.25) is 0 Å². The lowest BCUT2D eigenvalue weighted by Crippen LogP contribution is -1.96. The van der Waals surface area contributed by atoms with Gasteiger partial charge in [0.1, 0.15) is 11.5 Å². The summed E-state index contributed by atoms with van der Waals surface area (Å²) < 4.78 is 5.50. The fourth-order valence-electron chi connectivity index (χ4n) is 1.46. The van der Waals surface area contributed by atoms with Crippen molar-refractivity contribution in [1.29, 1.82) is 5.26 Å². The zero-order valence-corrected chi connectivity index (χ0v) is 9.33. The lowest BCUT2D eigenvalue weighted by Gasteiger charge is -2.06. The van der Waals surface area contributed by atoms with Crippen molar-refractivity contribution in [3.05, 3.63) is 59.7 Å². The molecule has 0 fully saturated rings. The Morgan fingerprint density at radius 2 is 1.78 bits per heavy atom. The highest BCUT2D eigenvalue weighted by Crippen LogP contribution is 2.22. The van der Waals surface area contributed by atoms with Crippen LogP contribution in [-0.2, 0) is 0 Å². The van der Waals surface area contributed by atoms with Crippen LogP contribution in [0.4, 0.5) is 0 Å². The van der Waals surface area contributed by atoms with E-state index in [1.165, 1.54) is 12.1 Å². The molecule has 4 heteroatoms. The molecule has 0 aliphatic carbocycles. The summed E-state index contributed by atoms with van der Waals surface area (Å²) in [6.45, 7) is 0. The molecule has 0 heterocycles. The molecule has 0 unspecified atom stereocenters. The highest BCUT2D eigenvalue weighted by Gasteiger charge is 2.04. The van der Waals surface area contributed by atoms with Crippen LogP contribution in [-0.4, -0.2) is 11.1 Å². The van der Waals surface area contributed by atoms with Crippen LogP contribution in [0.5, 0.6) is 11.5 Å². The molecule has 0 saturated heterocycles. The molecule has 0 saturated carbocycles. The van der Waals surface area contributed by atoms with Crippen molar-refractivity contribution >= 4 is 5.97 Å². The normalized spacial score (nSPS) is 9.50. The first kappa shape index (κ1) is 11.7. The summed E-state index contributed by atoms with van der Waals surface area (Å²) in [7, 11) is 0. The van der Waals surface area contributed by atoms with Crippen molar-refractivity contribution in [2.45, 2.75) is 0 Å². The Kier molecular flexibility index (Phi) is 3.26. The minimum Gasteiger partial charge on any atom is -0.478 e. The molecule has 2 aromatic carbocycles. The van der Waals surface area contributed by atoms with Crippen LogP contribution in [0.15, 0.2) is 48.5 Å². The first-order valence-electron chi connectivity index (χ1n) is 5.20. The second-order valence-electron chi connectivity index (χ2n) is 3.57. The largest absolute Gasteiger partial charge is 0.478 e. The fourth-order valence-corrected chi connectivity index (χ4v) is 1.46. The Morgan fingerprint density at radius 1 is 1.11 bits per heavy atom. The van der Waals surface area contributed by atoms with Crippen molar-refractivity contribution in [3.8, 4) is 17.6 Å². The van der Waals surface area contributed by atoms with Crippen molar-refractivity contribution in [2.75, 3.05) is 0 Å². The first-order chi connectivity index (χ1) is 8.69. The molecule has 0 atom stereocenters. The Balaban J connectivity index is 2.26. The van der Waals surface area contributed by atoms with Gasteiger partial charge in [0.15, 0.2) is 0 Å². The second-order valence-corrected chi connectivity index (χ2v) is 3.57. The van der Waals surface area contributed by atoms with Gasteiger partial charge in [-0.1, -0.05) is 12.1 Å². The van der Waals surface area contributed by atoms with Crippen molar-refractivity contribution in [1.82, 2.24) is 0 Å². The van der Waals surface area contributed by atoms with Gasteiger partial charge in [-0.05, 0) is 36.4 Å². The smallest absolute Gasteiger partial charge is 0.335 e. The van der Waals surface area contributed by atoms with Gasteiger partial charge in [-0.3, -0.25) is 0 Å². The summed E-state index contributed by atoms with van der Waals surface area (Å²) >= 11 is 0. The number of carboxylic acids is 1. The number of aromatic carboxylic acids is 1. The van der Waals surface area contributed by atoms with Gasteiger partial charge in [0.05, 0.1) is 17.2 Å². The van der Waals surface area contributed by atoms with Crippen LogP contribution in [0, 0.1) is 11.3 Å². The summed E-state index contributed by atoms with van der Waals surface area (Å²) in [6, 6.07) is 14.9. The van der Waals surface area contributed by atoms with Crippen LogP contribution in [0.2, 0.25) is 0 Å². The minimum absolute atomic E-state index is 0.156. The van der Waals surface area contributed by atoms with Gasteiger partial charge in [0, 0.05) is 0 Å². The summed E-state index contributed by atoms with van der Waals surface area (Å²) in [5.74, 6) is -0.0900. The number of nitrogens with zero attached hydrogens (tertiary/aromatic N) is 1. The predicted molar refractivity (Wildman–Crippen MR) is 64.6 cm³/mol. The SMILES string of the molecule is N#Cc1cccc(Oc2cccc(C(=O)O)c2)c1. The van der Waals surface area contributed by atoms with Gasteiger partial charge in [-0.25, -0.2) is 4.79 Å². The van der Waals surface area contributed by atoms with Crippen LogP contribution >= 0.6 is 0 Å². The van der Waals surface area contributed by atoms with Crippen molar-refractivity contribution in [3.63, 3.8) is 0 Å². The molecule has 2 rings (SSSR count). The Labute approximate surface area is 104 Å². The predicted octanol–water partition coefficient (Wildman–Crippen LogP) is 3.05. The number of ether oxygens (including phenoxy) is 1. The Morgan fingerprint density at radius 3 is 2.44 bits per heavy atom. The number of hydrogen-bond donors (Lipinski definition) is 1. The third-order valence-corrected chi connectivity index (χ3v) is 2.28. The zero-order chi connectivity index (χ0) is 13.0. The molecule has 0 bridgehead atoms. The van der Waals surface area contributed by atoms with E-state index in [1.54, 1.807) is 36.4 Å². The van der Waals surface area contributed by atoms with E-state index in [4.69, 9.17) is 15.1 Å².